The van der Waals surface area contributed by atoms with E-state index in [9.17, 15) is 4.79 Å². The maximum Gasteiger partial charge on any atom is 0.257 e. The van der Waals surface area contributed by atoms with Crippen molar-refractivity contribution in [3.05, 3.63) is 23.8 Å². The lowest BCUT2D eigenvalue weighted by Gasteiger charge is -2.15. The second-order valence-electron chi connectivity index (χ2n) is 7.37. The number of carbonyl (C=O) groups excluding carboxylic acids is 1. The first kappa shape index (κ1) is 26.3. The first-order chi connectivity index (χ1) is 14.2. The molecule has 0 aromatic heterocycles. The highest BCUT2D eigenvalue weighted by Crippen LogP contribution is 2.29. The fourth-order valence-electron chi connectivity index (χ4n) is 3.64. The van der Waals surface area contributed by atoms with E-state index >= 15 is 0 Å². The lowest BCUT2D eigenvalue weighted by molar-refractivity contribution is -0.123. The average molecular weight is 532 g/mol. The van der Waals surface area contributed by atoms with Crippen LogP contribution in [0.4, 0.5) is 0 Å². The van der Waals surface area contributed by atoms with Gasteiger partial charge in [-0.25, -0.2) is 0 Å². The van der Waals surface area contributed by atoms with Gasteiger partial charge in [-0.3, -0.25) is 9.79 Å². The predicted octanol–water partition coefficient (Wildman–Crippen LogP) is 3.46. The van der Waals surface area contributed by atoms with Crippen molar-refractivity contribution in [2.75, 3.05) is 33.9 Å². The van der Waals surface area contributed by atoms with E-state index in [2.05, 4.69) is 20.9 Å². The zero-order valence-electron chi connectivity index (χ0n) is 18.5. The van der Waals surface area contributed by atoms with Crippen molar-refractivity contribution >= 4 is 35.8 Å². The van der Waals surface area contributed by atoms with E-state index in [1.54, 1.807) is 14.2 Å². The van der Waals surface area contributed by atoms with Crippen molar-refractivity contribution in [3.63, 3.8) is 0 Å². The van der Waals surface area contributed by atoms with Crippen LogP contribution in [0, 0.1) is 5.92 Å². The van der Waals surface area contributed by atoms with Crippen LogP contribution in [0.15, 0.2) is 23.2 Å². The summed E-state index contributed by atoms with van der Waals surface area (Å²) in [6.07, 6.45) is 8.09. The van der Waals surface area contributed by atoms with Crippen molar-refractivity contribution in [2.45, 2.75) is 52.0 Å². The van der Waals surface area contributed by atoms with E-state index in [0.717, 1.165) is 24.0 Å². The summed E-state index contributed by atoms with van der Waals surface area (Å²) in [5.74, 6) is 2.73. The molecule has 2 rings (SSSR count). The Bertz CT molecular complexity index is 664. The van der Waals surface area contributed by atoms with Crippen molar-refractivity contribution in [1.82, 2.24) is 16.0 Å². The topological polar surface area (TPSA) is 84.0 Å². The number of nitrogens with one attached hydrogen (secondary N) is 3. The number of ether oxygens (including phenoxy) is 2. The SMILES string of the molecule is CCNC(=O)COc1ccc(CNC(=NC)NCCCC2CCCC2)cc1OC.I. The van der Waals surface area contributed by atoms with Gasteiger partial charge in [-0.1, -0.05) is 31.7 Å². The van der Waals surface area contributed by atoms with Gasteiger partial charge in [0.05, 0.1) is 7.11 Å². The summed E-state index contributed by atoms with van der Waals surface area (Å²) >= 11 is 0. The molecule has 0 unspecified atom stereocenters. The second kappa shape index (κ2) is 15.1. The molecule has 3 N–H and O–H groups in total. The smallest absolute Gasteiger partial charge is 0.257 e. The van der Waals surface area contributed by atoms with Crippen LogP contribution < -0.4 is 25.4 Å². The fourth-order valence-corrected chi connectivity index (χ4v) is 3.64. The normalized spacial score (nSPS) is 14.0. The molecule has 0 aliphatic heterocycles. The number of rotatable bonds is 11. The largest absolute Gasteiger partial charge is 0.493 e. The molecule has 1 aromatic carbocycles. The van der Waals surface area contributed by atoms with Gasteiger partial charge in [0, 0.05) is 26.7 Å². The van der Waals surface area contributed by atoms with Crippen LogP contribution in [0.25, 0.3) is 0 Å². The Hall–Kier alpha value is -1.71. The summed E-state index contributed by atoms with van der Waals surface area (Å²) in [7, 11) is 3.38. The van der Waals surface area contributed by atoms with Crippen molar-refractivity contribution in [2.24, 2.45) is 10.9 Å². The van der Waals surface area contributed by atoms with E-state index in [0.29, 0.717) is 24.6 Å². The molecule has 0 bridgehead atoms. The molecule has 170 valence electrons. The zero-order chi connectivity index (χ0) is 20.9. The maximum absolute atomic E-state index is 11.6. The number of halogens is 1. The molecule has 0 atom stereocenters. The average Bonchev–Trinajstić information content (AvgIpc) is 3.25. The molecule has 30 heavy (non-hydrogen) atoms. The molecule has 1 saturated carbocycles. The molecule has 1 aromatic rings. The van der Waals surface area contributed by atoms with E-state index < -0.39 is 0 Å². The number of aliphatic imine (C=N–C) groups is 1. The molecular weight excluding hydrogens is 495 g/mol. The number of methoxy groups -OCH3 is 1. The molecule has 7 nitrogen and oxygen atoms in total. The third kappa shape index (κ3) is 9.40. The van der Waals surface area contributed by atoms with Gasteiger partial charge in [-0.05, 0) is 43.4 Å². The number of likely N-dealkylation sites (N-methyl/N-ethyl adjacent to an activating group) is 1. The summed E-state index contributed by atoms with van der Waals surface area (Å²) in [6, 6.07) is 5.69. The molecule has 0 heterocycles. The quantitative estimate of drug-likeness (QED) is 0.176. The van der Waals surface area contributed by atoms with Crippen LogP contribution in [-0.4, -0.2) is 45.7 Å². The standard InChI is InChI=1S/C22H36N4O3.HI/c1-4-24-21(27)16-29-19-12-11-18(14-20(19)28-3)15-26-22(23-2)25-13-7-10-17-8-5-6-9-17;/h11-12,14,17H,4-10,13,15-16H2,1-3H3,(H,24,27)(H2,23,25,26);1H. The van der Waals surface area contributed by atoms with Gasteiger partial charge in [0.25, 0.3) is 5.91 Å². The summed E-state index contributed by atoms with van der Waals surface area (Å²) in [4.78, 5) is 15.9. The number of amides is 1. The highest BCUT2D eigenvalue weighted by atomic mass is 127. The van der Waals surface area contributed by atoms with Gasteiger partial charge in [-0.15, -0.1) is 24.0 Å². The maximum atomic E-state index is 11.6. The monoisotopic (exact) mass is 532 g/mol. The van der Waals surface area contributed by atoms with Crippen LogP contribution in [0.3, 0.4) is 0 Å². The second-order valence-corrected chi connectivity index (χ2v) is 7.37. The Labute approximate surface area is 197 Å². The van der Waals surface area contributed by atoms with Crippen molar-refractivity contribution in [1.29, 1.82) is 0 Å². The summed E-state index contributed by atoms with van der Waals surface area (Å²) in [6.45, 7) is 3.99. The molecule has 1 amide bonds. The van der Waals surface area contributed by atoms with Crippen LogP contribution in [-0.2, 0) is 11.3 Å². The molecule has 0 saturated heterocycles. The number of guanidine groups is 1. The Morgan fingerprint density at radius 2 is 1.93 bits per heavy atom. The number of nitrogens with zero attached hydrogens (tertiary/aromatic N) is 1. The van der Waals surface area contributed by atoms with E-state index in [-0.39, 0.29) is 36.5 Å². The van der Waals surface area contributed by atoms with Crippen LogP contribution in [0.2, 0.25) is 0 Å². The first-order valence-electron chi connectivity index (χ1n) is 10.7. The molecule has 1 aliphatic carbocycles. The summed E-state index contributed by atoms with van der Waals surface area (Å²) in [5.41, 5.74) is 1.04. The third-order valence-corrected chi connectivity index (χ3v) is 5.20. The van der Waals surface area contributed by atoms with Gasteiger partial charge >= 0.3 is 0 Å². The van der Waals surface area contributed by atoms with Crippen LogP contribution >= 0.6 is 24.0 Å². The summed E-state index contributed by atoms with van der Waals surface area (Å²) < 4.78 is 11.0. The highest BCUT2D eigenvalue weighted by Gasteiger charge is 2.14. The van der Waals surface area contributed by atoms with Crippen molar-refractivity contribution < 1.29 is 14.3 Å². The van der Waals surface area contributed by atoms with Gasteiger partial charge in [0.2, 0.25) is 0 Å². The Balaban J connectivity index is 0.00000450. The van der Waals surface area contributed by atoms with Gasteiger partial charge in [-0.2, -0.15) is 0 Å². The summed E-state index contributed by atoms with van der Waals surface area (Å²) in [5, 5.41) is 9.42. The minimum atomic E-state index is -0.150. The lowest BCUT2D eigenvalue weighted by atomic mass is 10.0. The number of benzene rings is 1. The number of carbonyl (C=O) groups is 1. The van der Waals surface area contributed by atoms with Crippen molar-refractivity contribution in [3.8, 4) is 11.5 Å². The minimum Gasteiger partial charge on any atom is -0.493 e. The Morgan fingerprint density at radius 3 is 2.60 bits per heavy atom. The Morgan fingerprint density at radius 1 is 1.17 bits per heavy atom. The van der Waals surface area contributed by atoms with Crippen LogP contribution in [0.5, 0.6) is 11.5 Å². The molecule has 8 heteroatoms. The lowest BCUT2D eigenvalue weighted by Crippen LogP contribution is -2.37. The zero-order valence-corrected chi connectivity index (χ0v) is 20.8. The molecule has 1 aliphatic rings. The van der Waals surface area contributed by atoms with E-state index in [1.165, 1.54) is 38.5 Å². The van der Waals surface area contributed by atoms with Gasteiger partial charge in [0.15, 0.2) is 24.1 Å². The molecule has 0 radical (unpaired) electrons. The molecule has 0 spiro atoms. The first-order valence-corrected chi connectivity index (χ1v) is 10.7. The number of hydrogen-bond donors (Lipinski definition) is 3. The highest BCUT2D eigenvalue weighted by molar-refractivity contribution is 14.0. The fraction of sp³-hybridized carbons (Fsp3) is 0.636. The van der Waals surface area contributed by atoms with E-state index in [4.69, 9.17) is 9.47 Å². The molecular formula is C22H37IN4O3. The number of hydrogen-bond acceptors (Lipinski definition) is 4. The van der Waals surface area contributed by atoms with Gasteiger partial charge in [0.1, 0.15) is 0 Å². The third-order valence-electron chi connectivity index (χ3n) is 5.20. The Kier molecular flexibility index (Phi) is 13.3. The predicted molar refractivity (Wildman–Crippen MR) is 132 cm³/mol. The van der Waals surface area contributed by atoms with Crippen LogP contribution in [0.1, 0.15) is 51.0 Å². The molecule has 1 fully saturated rings. The van der Waals surface area contributed by atoms with E-state index in [1.807, 2.05) is 25.1 Å². The van der Waals surface area contributed by atoms with Gasteiger partial charge < -0.3 is 25.4 Å². The minimum absolute atomic E-state index is 0.